The molecule has 6 heteroatoms. The fraction of sp³-hybridized carbons (Fsp3) is 0.250. The van der Waals surface area contributed by atoms with Gasteiger partial charge in [0.25, 0.3) is 5.91 Å². The van der Waals surface area contributed by atoms with Gasteiger partial charge < -0.3 is 10.1 Å². The maximum Gasteiger partial charge on any atom is 0.271 e. The van der Waals surface area contributed by atoms with E-state index in [9.17, 15) is 9.59 Å². The van der Waals surface area contributed by atoms with Gasteiger partial charge in [-0.15, -0.1) is 0 Å². The second kappa shape index (κ2) is 7.82. The average molecular weight is 351 g/mol. The molecule has 0 atom stereocenters. The first-order valence-corrected chi connectivity index (χ1v) is 8.58. The number of nitrogens with zero attached hydrogens (tertiary/aromatic N) is 2. The van der Waals surface area contributed by atoms with Gasteiger partial charge >= 0.3 is 0 Å². The van der Waals surface area contributed by atoms with E-state index in [1.807, 2.05) is 38.1 Å². The number of rotatable bonds is 5. The highest BCUT2D eigenvalue weighted by atomic mass is 16.5. The van der Waals surface area contributed by atoms with Crippen molar-refractivity contribution in [3.8, 4) is 5.75 Å². The molecule has 2 aromatic carbocycles. The minimum atomic E-state index is -0.305. The van der Waals surface area contributed by atoms with E-state index in [1.54, 1.807) is 24.3 Å². The van der Waals surface area contributed by atoms with Crippen molar-refractivity contribution in [3.63, 3.8) is 0 Å². The first-order valence-electron chi connectivity index (χ1n) is 8.58. The van der Waals surface area contributed by atoms with E-state index in [-0.39, 0.29) is 18.2 Å². The number of para-hydroxylation sites is 1. The van der Waals surface area contributed by atoms with Crippen LogP contribution in [0.5, 0.6) is 5.75 Å². The Morgan fingerprint density at radius 3 is 2.58 bits per heavy atom. The zero-order valence-electron chi connectivity index (χ0n) is 14.9. The van der Waals surface area contributed by atoms with Crippen LogP contribution in [0.2, 0.25) is 0 Å². The summed E-state index contributed by atoms with van der Waals surface area (Å²) in [4.78, 5) is 24.8. The summed E-state index contributed by atoms with van der Waals surface area (Å²) < 4.78 is 5.39. The van der Waals surface area contributed by atoms with Gasteiger partial charge in [-0.05, 0) is 49.7 Å². The number of carbonyl (C=O) groups excluding carboxylic acids is 2. The normalized spacial score (nSPS) is 14.0. The summed E-state index contributed by atoms with van der Waals surface area (Å²) in [6.07, 6.45) is 0.577. The second-order valence-corrected chi connectivity index (χ2v) is 5.95. The van der Waals surface area contributed by atoms with Crippen LogP contribution in [0.1, 0.15) is 25.3 Å². The maximum absolute atomic E-state index is 12.5. The highest BCUT2D eigenvalue weighted by Gasteiger charge is 2.26. The molecule has 0 radical (unpaired) electrons. The molecule has 0 saturated carbocycles. The molecule has 134 valence electrons. The largest absolute Gasteiger partial charge is 0.494 e. The zero-order chi connectivity index (χ0) is 18.5. The molecule has 1 N–H and O–H groups in total. The Morgan fingerprint density at radius 1 is 1.15 bits per heavy atom. The van der Waals surface area contributed by atoms with Crippen LogP contribution in [-0.2, 0) is 9.59 Å². The van der Waals surface area contributed by atoms with Gasteiger partial charge in [0.05, 0.1) is 12.3 Å². The summed E-state index contributed by atoms with van der Waals surface area (Å²) in [6, 6.07) is 14.6. The first kappa shape index (κ1) is 17.7. The molecular formula is C20H21N3O3. The van der Waals surface area contributed by atoms with Crippen LogP contribution in [-0.4, -0.2) is 24.1 Å². The van der Waals surface area contributed by atoms with Crippen LogP contribution in [0.25, 0.3) is 0 Å². The molecule has 6 nitrogen and oxygen atoms in total. The number of anilines is 2. The highest BCUT2D eigenvalue weighted by Crippen LogP contribution is 2.24. The topological polar surface area (TPSA) is 71.0 Å². The van der Waals surface area contributed by atoms with Crippen molar-refractivity contribution in [2.75, 3.05) is 16.9 Å². The lowest BCUT2D eigenvalue weighted by atomic mass is 10.1. The molecule has 0 bridgehead atoms. The third kappa shape index (κ3) is 3.91. The monoisotopic (exact) mass is 351 g/mol. The van der Waals surface area contributed by atoms with Gasteiger partial charge in [-0.3, -0.25) is 9.59 Å². The van der Waals surface area contributed by atoms with E-state index in [0.29, 0.717) is 30.1 Å². The lowest BCUT2D eigenvalue weighted by molar-refractivity contribution is -0.118. The van der Waals surface area contributed by atoms with E-state index in [4.69, 9.17) is 4.74 Å². The fourth-order valence-corrected chi connectivity index (χ4v) is 2.71. The first-order chi connectivity index (χ1) is 12.6. The summed E-state index contributed by atoms with van der Waals surface area (Å²) >= 11 is 0. The SMILES string of the molecule is CCOc1ccc(NC(=O)C2=NN(c3ccccc3C)C(=O)CC2)cc1. The number of amides is 2. The van der Waals surface area contributed by atoms with Gasteiger partial charge in [0.1, 0.15) is 11.5 Å². The smallest absolute Gasteiger partial charge is 0.271 e. The summed E-state index contributed by atoms with van der Waals surface area (Å²) in [6.45, 7) is 4.41. The molecular weight excluding hydrogens is 330 g/mol. The molecule has 1 aliphatic heterocycles. The van der Waals surface area contributed by atoms with Gasteiger partial charge in [0.2, 0.25) is 5.91 Å². The van der Waals surface area contributed by atoms with Crippen molar-refractivity contribution >= 4 is 28.9 Å². The molecule has 1 aliphatic rings. The lowest BCUT2D eigenvalue weighted by Gasteiger charge is -2.24. The Hall–Kier alpha value is -3.15. The van der Waals surface area contributed by atoms with Crippen molar-refractivity contribution in [1.82, 2.24) is 0 Å². The van der Waals surface area contributed by atoms with Crippen LogP contribution >= 0.6 is 0 Å². The van der Waals surface area contributed by atoms with Crippen molar-refractivity contribution in [3.05, 3.63) is 54.1 Å². The van der Waals surface area contributed by atoms with Crippen LogP contribution < -0.4 is 15.1 Å². The van der Waals surface area contributed by atoms with Gasteiger partial charge in [0.15, 0.2) is 0 Å². The third-order valence-electron chi connectivity index (χ3n) is 4.06. The Bertz CT molecular complexity index is 844. The summed E-state index contributed by atoms with van der Waals surface area (Å²) in [5, 5.41) is 8.45. The molecule has 2 aromatic rings. The van der Waals surface area contributed by atoms with Crippen LogP contribution in [0.15, 0.2) is 53.6 Å². The Kier molecular flexibility index (Phi) is 5.31. The van der Waals surface area contributed by atoms with E-state index >= 15 is 0 Å². The number of nitrogens with one attached hydrogen (secondary N) is 1. The van der Waals surface area contributed by atoms with E-state index in [2.05, 4.69) is 10.4 Å². The van der Waals surface area contributed by atoms with E-state index < -0.39 is 0 Å². The Morgan fingerprint density at radius 2 is 1.88 bits per heavy atom. The fourth-order valence-electron chi connectivity index (χ4n) is 2.71. The second-order valence-electron chi connectivity index (χ2n) is 5.95. The lowest BCUT2D eigenvalue weighted by Crippen LogP contribution is -2.36. The van der Waals surface area contributed by atoms with Gasteiger partial charge in [-0.2, -0.15) is 5.10 Å². The van der Waals surface area contributed by atoms with Gasteiger partial charge in [0, 0.05) is 18.5 Å². The molecule has 0 aromatic heterocycles. The predicted molar refractivity (Wildman–Crippen MR) is 102 cm³/mol. The summed E-state index contributed by atoms with van der Waals surface area (Å²) in [5.41, 5.74) is 2.61. The van der Waals surface area contributed by atoms with Gasteiger partial charge in [-0.25, -0.2) is 5.01 Å². The van der Waals surface area contributed by atoms with Crippen LogP contribution in [0.4, 0.5) is 11.4 Å². The van der Waals surface area contributed by atoms with Crippen molar-refractivity contribution in [2.24, 2.45) is 5.10 Å². The van der Waals surface area contributed by atoms with Crippen molar-refractivity contribution in [1.29, 1.82) is 0 Å². The number of ether oxygens (including phenoxy) is 1. The summed E-state index contributed by atoms with van der Waals surface area (Å²) in [5.74, 6) is 0.328. The standard InChI is InChI=1S/C20H21N3O3/c1-3-26-16-10-8-15(9-11-16)21-20(25)17-12-13-19(24)23(22-17)18-7-5-4-6-14(18)2/h4-11H,3,12-13H2,1-2H3,(H,21,25). The van der Waals surface area contributed by atoms with Gasteiger partial charge in [-0.1, -0.05) is 18.2 Å². The van der Waals surface area contributed by atoms with Crippen LogP contribution in [0.3, 0.4) is 0 Å². The van der Waals surface area contributed by atoms with E-state index in [0.717, 1.165) is 11.3 Å². The zero-order valence-corrected chi connectivity index (χ0v) is 14.9. The minimum absolute atomic E-state index is 0.114. The Labute approximate surface area is 152 Å². The molecule has 2 amide bonds. The molecule has 0 saturated heterocycles. The summed E-state index contributed by atoms with van der Waals surface area (Å²) in [7, 11) is 0. The highest BCUT2D eigenvalue weighted by molar-refractivity contribution is 6.44. The number of aryl methyl sites for hydroxylation is 1. The number of hydrogen-bond donors (Lipinski definition) is 1. The quantitative estimate of drug-likeness (QED) is 0.896. The number of hydrogen-bond acceptors (Lipinski definition) is 4. The molecule has 0 aliphatic carbocycles. The van der Waals surface area contributed by atoms with Crippen molar-refractivity contribution < 1.29 is 14.3 Å². The molecule has 0 fully saturated rings. The maximum atomic E-state index is 12.5. The molecule has 0 spiro atoms. The number of hydrazone groups is 1. The Balaban J connectivity index is 1.77. The molecule has 26 heavy (non-hydrogen) atoms. The molecule has 3 rings (SSSR count). The minimum Gasteiger partial charge on any atom is -0.494 e. The predicted octanol–water partition coefficient (Wildman–Crippen LogP) is 3.52. The number of benzene rings is 2. The third-order valence-corrected chi connectivity index (χ3v) is 4.06. The van der Waals surface area contributed by atoms with Crippen LogP contribution in [0, 0.1) is 6.92 Å². The van der Waals surface area contributed by atoms with E-state index in [1.165, 1.54) is 5.01 Å². The van der Waals surface area contributed by atoms with Crippen molar-refractivity contribution in [2.45, 2.75) is 26.7 Å². The molecule has 1 heterocycles. The molecule has 0 unspecified atom stereocenters. The average Bonchev–Trinajstić information content (AvgIpc) is 2.64. The number of carbonyl (C=O) groups is 2.